The minimum absolute atomic E-state index is 0.246. The largest absolute Gasteiger partial charge is 0.462 e. The lowest BCUT2D eigenvalue weighted by Gasteiger charge is -2.12. The Morgan fingerprint density at radius 3 is 2.83 bits per heavy atom. The van der Waals surface area contributed by atoms with E-state index in [1.54, 1.807) is 44.3 Å². The molecule has 0 aliphatic heterocycles. The van der Waals surface area contributed by atoms with Gasteiger partial charge in [-0.2, -0.15) is 10.2 Å². The molecule has 0 fully saturated rings. The van der Waals surface area contributed by atoms with E-state index in [0.717, 1.165) is 40.8 Å². The number of nitrogens with zero attached hydrogens (tertiary/aromatic N) is 4. The van der Waals surface area contributed by atoms with E-state index in [-0.39, 0.29) is 13.2 Å². The van der Waals surface area contributed by atoms with Gasteiger partial charge in [0.2, 0.25) is 5.91 Å². The van der Waals surface area contributed by atoms with E-state index in [9.17, 15) is 14.4 Å². The van der Waals surface area contributed by atoms with Gasteiger partial charge in [0, 0.05) is 15.3 Å². The van der Waals surface area contributed by atoms with Crippen molar-refractivity contribution in [2.45, 2.75) is 46.1 Å². The predicted molar refractivity (Wildman–Crippen MR) is 138 cm³/mol. The Kier molecular flexibility index (Phi) is 6.63. The van der Waals surface area contributed by atoms with Crippen LogP contribution in [-0.2, 0) is 28.9 Å². The number of carbonyl (C=O) groups excluding carboxylic acids is 2. The van der Waals surface area contributed by atoms with Gasteiger partial charge in [-0.3, -0.25) is 9.59 Å². The molecular formula is C25H24ClN5O4S. The fourth-order valence-corrected chi connectivity index (χ4v) is 5.99. The maximum Gasteiger partial charge on any atom is 0.341 e. The van der Waals surface area contributed by atoms with Crippen LogP contribution in [0, 0.1) is 6.92 Å². The molecule has 11 heteroatoms. The third-order valence-electron chi connectivity index (χ3n) is 6.12. The van der Waals surface area contributed by atoms with Crippen LogP contribution in [0.25, 0.3) is 16.6 Å². The number of aromatic nitrogens is 4. The van der Waals surface area contributed by atoms with E-state index in [1.165, 1.54) is 16.0 Å². The number of hydrogen-bond donors (Lipinski definition) is 1. The zero-order valence-electron chi connectivity index (χ0n) is 19.8. The molecule has 0 atom stereocenters. The number of amides is 1. The van der Waals surface area contributed by atoms with Crippen molar-refractivity contribution in [3.05, 3.63) is 67.5 Å². The Balaban J connectivity index is 1.48. The van der Waals surface area contributed by atoms with E-state index >= 15 is 0 Å². The third kappa shape index (κ3) is 4.42. The summed E-state index contributed by atoms with van der Waals surface area (Å²) in [4.78, 5) is 40.2. The molecule has 0 radical (unpaired) electrons. The summed E-state index contributed by atoms with van der Waals surface area (Å²) in [6, 6.07) is 7.00. The number of carbonyl (C=O) groups is 2. The smallest absolute Gasteiger partial charge is 0.341 e. The van der Waals surface area contributed by atoms with Gasteiger partial charge in [-0.15, -0.1) is 11.3 Å². The summed E-state index contributed by atoms with van der Waals surface area (Å²) in [6.07, 6.45) is 5.25. The lowest BCUT2D eigenvalue weighted by Crippen LogP contribution is -2.31. The van der Waals surface area contributed by atoms with Gasteiger partial charge in [0.05, 0.1) is 29.7 Å². The average molecular weight is 526 g/mol. The van der Waals surface area contributed by atoms with E-state index in [2.05, 4.69) is 15.5 Å². The van der Waals surface area contributed by atoms with Crippen molar-refractivity contribution in [2.24, 2.45) is 0 Å². The van der Waals surface area contributed by atoms with Crippen LogP contribution in [0.5, 0.6) is 0 Å². The number of nitrogens with one attached hydrogen (secondary N) is 1. The number of esters is 1. The number of ether oxygens (including phenoxy) is 1. The van der Waals surface area contributed by atoms with Crippen molar-refractivity contribution in [3.8, 4) is 5.69 Å². The molecule has 36 heavy (non-hydrogen) atoms. The van der Waals surface area contributed by atoms with E-state index in [0.29, 0.717) is 37.9 Å². The summed E-state index contributed by atoms with van der Waals surface area (Å²) in [5.41, 5.74) is 2.41. The molecule has 186 valence electrons. The van der Waals surface area contributed by atoms with Crippen LogP contribution in [0.1, 0.15) is 46.3 Å². The summed E-state index contributed by atoms with van der Waals surface area (Å²) in [7, 11) is 0. The molecule has 1 N–H and O–H groups in total. The Morgan fingerprint density at radius 2 is 2.06 bits per heavy atom. The van der Waals surface area contributed by atoms with Crippen molar-refractivity contribution >= 4 is 50.7 Å². The Bertz CT molecular complexity index is 1550. The van der Waals surface area contributed by atoms with Crippen molar-refractivity contribution in [1.29, 1.82) is 0 Å². The molecule has 1 amide bonds. The molecule has 1 aromatic carbocycles. The van der Waals surface area contributed by atoms with Crippen LogP contribution in [0.3, 0.4) is 0 Å². The molecule has 5 rings (SSSR count). The summed E-state index contributed by atoms with van der Waals surface area (Å²) in [6.45, 7) is 3.43. The van der Waals surface area contributed by atoms with Crippen molar-refractivity contribution in [1.82, 2.24) is 19.6 Å². The minimum atomic E-state index is -0.459. The number of thiophene rings is 1. The molecule has 3 heterocycles. The highest BCUT2D eigenvalue weighted by molar-refractivity contribution is 7.17. The van der Waals surface area contributed by atoms with Gasteiger partial charge in [-0.25, -0.2) is 14.2 Å². The maximum absolute atomic E-state index is 13.4. The first-order chi connectivity index (χ1) is 17.4. The van der Waals surface area contributed by atoms with Crippen LogP contribution in [0.15, 0.2) is 35.3 Å². The number of anilines is 1. The standard InChI is InChI=1S/C25H24ClN5O4S/c1-3-35-25(34)21-17-9-4-5-10-19(17)36-23(21)28-20(32)13-30-24(33)22-18(14(2)29-30)12-27-31(22)16-8-6-7-15(26)11-16/h6-8,11-12H,3-5,9-10,13H2,1-2H3,(H,28,32). The first kappa shape index (κ1) is 24.2. The highest BCUT2D eigenvalue weighted by Crippen LogP contribution is 2.38. The fraction of sp³-hybridized carbons (Fsp3) is 0.320. The van der Waals surface area contributed by atoms with E-state index < -0.39 is 17.4 Å². The van der Waals surface area contributed by atoms with Gasteiger partial charge >= 0.3 is 5.97 Å². The second kappa shape index (κ2) is 9.87. The number of halogens is 1. The molecule has 1 aliphatic rings. The zero-order valence-corrected chi connectivity index (χ0v) is 21.4. The zero-order chi connectivity index (χ0) is 25.4. The lowest BCUT2D eigenvalue weighted by atomic mass is 9.95. The van der Waals surface area contributed by atoms with E-state index in [1.807, 2.05) is 0 Å². The highest BCUT2D eigenvalue weighted by atomic mass is 35.5. The first-order valence-electron chi connectivity index (χ1n) is 11.7. The van der Waals surface area contributed by atoms with Gasteiger partial charge in [0.1, 0.15) is 17.1 Å². The number of rotatable bonds is 6. The number of aryl methyl sites for hydroxylation is 2. The molecule has 0 saturated heterocycles. The molecule has 1 aliphatic carbocycles. The molecule has 3 aromatic heterocycles. The van der Waals surface area contributed by atoms with Crippen molar-refractivity contribution in [2.75, 3.05) is 11.9 Å². The van der Waals surface area contributed by atoms with Crippen LogP contribution < -0.4 is 10.9 Å². The Hall–Kier alpha value is -3.50. The minimum Gasteiger partial charge on any atom is -0.462 e. The molecule has 0 unspecified atom stereocenters. The summed E-state index contributed by atoms with van der Waals surface area (Å²) in [5, 5.41) is 13.1. The van der Waals surface area contributed by atoms with Crippen LogP contribution in [-0.4, -0.2) is 38.0 Å². The molecule has 0 bridgehead atoms. The summed E-state index contributed by atoms with van der Waals surface area (Å²) in [5.74, 6) is -0.897. The molecule has 0 saturated carbocycles. The predicted octanol–water partition coefficient (Wildman–Crippen LogP) is 4.30. The van der Waals surface area contributed by atoms with Crippen LogP contribution in [0.2, 0.25) is 5.02 Å². The van der Waals surface area contributed by atoms with Crippen molar-refractivity contribution in [3.63, 3.8) is 0 Å². The Morgan fingerprint density at radius 1 is 1.25 bits per heavy atom. The quantitative estimate of drug-likeness (QED) is 0.376. The van der Waals surface area contributed by atoms with E-state index in [4.69, 9.17) is 16.3 Å². The number of benzene rings is 1. The summed E-state index contributed by atoms with van der Waals surface area (Å²) >= 11 is 7.53. The lowest BCUT2D eigenvalue weighted by molar-refractivity contribution is -0.116. The second-order valence-corrected chi connectivity index (χ2v) is 10.1. The molecular weight excluding hydrogens is 502 g/mol. The monoisotopic (exact) mass is 525 g/mol. The van der Waals surface area contributed by atoms with Gasteiger partial charge < -0.3 is 10.1 Å². The Labute approximate surface area is 215 Å². The molecule has 0 spiro atoms. The SMILES string of the molecule is CCOC(=O)c1c(NC(=O)Cn2nc(C)c3cnn(-c4cccc(Cl)c4)c3c2=O)sc2c1CCCC2. The molecule has 4 aromatic rings. The van der Waals surface area contributed by atoms with Gasteiger partial charge in [-0.1, -0.05) is 17.7 Å². The third-order valence-corrected chi connectivity index (χ3v) is 7.56. The van der Waals surface area contributed by atoms with Crippen LogP contribution in [0.4, 0.5) is 5.00 Å². The topological polar surface area (TPSA) is 108 Å². The van der Waals surface area contributed by atoms with Crippen molar-refractivity contribution < 1.29 is 14.3 Å². The second-order valence-electron chi connectivity index (χ2n) is 8.53. The first-order valence-corrected chi connectivity index (χ1v) is 12.9. The fourth-order valence-electron chi connectivity index (χ4n) is 4.51. The molecule has 9 nitrogen and oxygen atoms in total. The number of hydrogen-bond acceptors (Lipinski definition) is 7. The van der Waals surface area contributed by atoms with Gasteiger partial charge in [0.25, 0.3) is 5.56 Å². The number of fused-ring (bicyclic) bond motifs is 2. The maximum atomic E-state index is 13.4. The summed E-state index contributed by atoms with van der Waals surface area (Å²) < 4.78 is 7.88. The average Bonchev–Trinajstić information content (AvgIpc) is 3.45. The normalized spacial score (nSPS) is 13.0. The van der Waals surface area contributed by atoms with Crippen LogP contribution >= 0.6 is 22.9 Å². The van der Waals surface area contributed by atoms with Gasteiger partial charge in [0.15, 0.2) is 0 Å². The van der Waals surface area contributed by atoms with Gasteiger partial charge in [-0.05, 0) is 63.3 Å². The highest BCUT2D eigenvalue weighted by Gasteiger charge is 2.27.